The van der Waals surface area contributed by atoms with Gasteiger partial charge in [0.05, 0.1) is 6.10 Å². The Hall–Kier alpha value is -2.02. The first-order valence-corrected chi connectivity index (χ1v) is 11.7. The van der Waals surface area contributed by atoms with Gasteiger partial charge in [-0.15, -0.1) is 11.8 Å². The van der Waals surface area contributed by atoms with Crippen LogP contribution in [0.1, 0.15) is 18.1 Å². The zero-order chi connectivity index (χ0) is 21.5. The molecule has 3 rings (SSSR count). The fraction of sp³-hybridized carbons (Fsp3) is 0.458. The highest BCUT2D eigenvalue weighted by Crippen LogP contribution is 2.20. The molecule has 1 aliphatic heterocycles. The summed E-state index contributed by atoms with van der Waals surface area (Å²) >= 11 is 1.66. The van der Waals surface area contributed by atoms with Crippen molar-refractivity contribution in [2.45, 2.75) is 36.9 Å². The third-order valence-corrected chi connectivity index (χ3v) is 6.31. The number of rotatable bonds is 8. The number of benzene rings is 2. The number of thioether (sulfide) groups is 1. The van der Waals surface area contributed by atoms with Crippen LogP contribution in [0.25, 0.3) is 0 Å². The number of carbonyl (C=O) groups is 1. The fourth-order valence-corrected chi connectivity index (χ4v) is 4.29. The van der Waals surface area contributed by atoms with Crippen molar-refractivity contribution in [3.05, 3.63) is 59.7 Å². The van der Waals surface area contributed by atoms with E-state index in [0.29, 0.717) is 18.8 Å². The minimum atomic E-state index is -0.602. The van der Waals surface area contributed by atoms with E-state index in [-0.39, 0.29) is 5.91 Å². The van der Waals surface area contributed by atoms with E-state index in [1.165, 1.54) is 11.1 Å². The zero-order valence-corrected chi connectivity index (χ0v) is 18.9. The molecule has 162 valence electrons. The Morgan fingerprint density at radius 1 is 1.13 bits per heavy atom. The fourth-order valence-electron chi connectivity index (χ4n) is 3.88. The normalized spacial score (nSPS) is 16.3. The molecule has 0 radical (unpaired) electrons. The van der Waals surface area contributed by atoms with Gasteiger partial charge in [0.25, 0.3) is 5.91 Å². The van der Waals surface area contributed by atoms with Crippen molar-refractivity contribution in [1.82, 2.24) is 9.80 Å². The van der Waals surface area contributed by atoms with Crippen molar-refractivity contribution in [2.75, 3.05) is 39.5 Å². The van der Waals surface area contributed by atoms with Crippen LogP contribution in [0.4, 0.5) is 0 Å². The highest BCUT2D eigenvalue weighted by Gasteiger charge is 2.23. The Kier molecular flexibility index (Phi) is 8.19. The maximum absolute atomic E-state index is 12.7. The third-order valence-electron chi connectivity index (χ3n) is 5.56. The van der Waals surface area contributed by atoms with Crippen LogP contribution < -0.4 is 4.74 Å². The Morgan fingerprint density at radius 2 is 1.73 bits per heavy atom. The largest absolute Gasteiger partial charge is 0.481 e. The van der Waals surface area contributed by atoms with Gasteiger partial charge in [-0.25, -0.2) is 0 Å². The monoisotopic (exact) mass is 428 g/mol. The molecular weight excluding hydrogens is 396 g/mol. The molecule has 0 aliphatic carbocycles. The van der Waals surface area contributed by atoms with E-state index in [4.69, 9.17) is 4.74 Å². The summed E-state index contributed by atoms with van der Waals surface area (Å²) < 4.78 is 5.79. The van der Waals surface area contributed by atoms with Crippen molar-refractivity contribution in [3.8, 4) is 5.75 Å². The summed E-state index contributed by atoms with van der Waals surface area (Å²) in [5.41, 5.74) is 2.80. The van der Waals surface area contributed by atoms with Crippen LogP contribution in [-0.2, 0) is 17.6 Å². The van der Waals surface area contributed by atoms with Crippen LogP contribution in [0, 0.1) is 0 Å². The maximum Gasteiger partial charge on any atom is 0.263 e. The Labute approximate surface area is 184 Å². The molecule has 1 amide bonds. The molecule has 30 heavy (non-hydrogen) atoms. The van der Waals surface area contributed by atoms with Gasteiger partial charge in [0, 0.05) is 38.1 Å². The van der Waals surface area contributed by atoms with Crippen LogP contribution in [-0.4, -0.2) is 72.5 Å². The second-order valence-electron chi connectivity index (χ2n) is 7.88. The topological polar surface area (TPSA) is 53.0 Å². The van der Waals surface area contributed by atoms with Gasteiger partial charge < -0.3 is 19.6 Å². The lowest BCUT2D eigenvalue weighted by molar-refractivity contribution is -0.138. The molecule has 6 heteroatoms. The SMILES string of the molecule is CSc1ccc(OC(C)C(=O)N(C)CC(O)CN2CCc3ccccc3CC2)cc1. The lowest BCUT2D eigenvalue weighted by Gasteiger charge is -2.28. The first-order chi connectivity index (χ1) is 14.5. The number of hydrogen-bond donors (Lipinski definition) is 1. The lowest BCUT2D eigenvalue weighted by atomic mass is 10.0. The highest BCUT2D eigenvalue weighted by atomic mass is 32.2. The van der Waals surface area contributed by atoms with Crippen LogP contribution in [0.15, 0.2) is 53.4 Å². The van der Waals surface area contributed by atoms with Gasteiger partial charge in [-0.3, -0.25) is 4.79 Å². The molecule has 1 heterocycles. The summed E-state index contributed by atoms with van der Waals surface area (Å²) in [4.78, 5) is 17.7. The number of aliphatic hydroxyl groups is 1. The van der Waals surface area contributed by atoms with Crippen LogP contribution in [0.2, 0.25) is 0 Å². The Bertz CT molecular complexity index is 800. The maximum atomic E-state index is 12.7. The van der Waals surface area contributed by atoms with E-state index < -0.39 is 12.2 Å². The summed E-state index contributed by atoms with van der Waals surface area (Å²) in [6, 6.07) is 16.3. The number of fused-ring (bicyclic) bond motifs is 1. The molecule has 0 fully saturated rings. The van der Waals surface area contributed by atoms with Crippen molar-refractivity contribution >= 4 is 17.7 Å². The number of carbonyl (C=O) groups excluding carboxylic acids is 1. The molecule has 0 saturated carbocycles. The molecule has 0 spiro atoms. The van der Waals surface area contributed by atoms with Gasteiger partial charge in [0.15, 0.2) is 6.10 Å². The molecule has 1 aliphatic rings. The van der Waals surface area contributed by atoms with Crippen molar-refractivity contribution in [1.29, 1.82) is 0 Å². The van der Waals surface area contributed by atoms with Crippen LogP contribution in [0.5, 0.6) is 5.75 Å². The number of ether oxygens (including phenoxy) is 1. The van der Waals surface area contributed by atoms with Gasteiger partial charge in [-0.2, -0.15) is 0 Å². The molecule has 0 bridgehead atoms. The Morgan fingerprint density at radius 3 is 2.30 bits per heavy atom. The Balaban J connectivity index is 1.46. The summed E-state index contributed by atoms with van der Waals surface area (Å²) in [7, 11) is 1.72. The number of hydrogen-bond acceptors (Lipinski definition) is 5. The van der Waals surface area contributed by atoms with Gasteiger partial charge in [0.2, 0.25) is 0 Å². The molecule has 2 aromatic carbocycles. The van der Waals surface area contributed by atoms with E-state index in [1.807, 2.05) is 30.5 Å². The summed E-state index contributed by atoms with van der Waals surface area (Å²) in [6.07, 6.45) is 2.82. The number of nitrogens with zero attached hydrogens (tertiary/aromatic N) is 2. The van der Waals surface area contributed by atoms with Crippen molar-refractivity contribution in [2.24, 2.45) is 0 Å². The molecule has 2 aromatic rings. The number of aliphatic hydroxyl groups excluding tert-OH is 1. The van der Waals surface area contributed by atoms with E-state index >= 15 is 0 Å². The average Bonchev–Trinajstić information content (AvgIpc) is 2.96. The number of β-amino-alcohol motifs (C(OH)–C–C–N with tert-alkyl or cyclic N) is 1. The molecule has 1 N–H and O–H groups in total. The highest BCUT2D eigenvalue weighted by molar-refractivity contribution is 7.98. The molecule has 2 unspecified atom stereocenters. The second-order valence-corrected chi connectivity index (χ2v) is 8.76. The third kappa shape index (κ3) is 6.24. The quantitative estimate of drug-likeness (QED) is 0.655. The van der Waals surface area contributed by atoms with Gasteiger partial charge in [-0.1, -0.05) is 24.3 Å². The summed E-state index contributed by atoms with van der Waals surface area (Å²) in [5, 5.41) is 10.6. The summed E-state index contributed by atoms with van der Waals surface area (Å²) in [6.45, 7) is 4.46. The first-order valence-electron chi connectivity index (χ1n) is 10.5. The standard InChI is InChI=1S/C24H32N2O3S/c1-18(29-22-8-10-23(30-3)11-9-22)24(28)25(2)16-21(27)17-26-14-12-19-6-4-5-7-20(19)13-15-26/h4-11,18,21,27H,12-17H2,1-3H3. The van der Waals surface area contributed by atoms with Gasteiger partial charge in [0.1, 0.15) is 5.75 Å². The molecular formula is C24H32N2O3S. The average molecular weight is 429 g/mol. The zero-order valence-electron chi connectivity index (χ0n) is 18.1. The van der Waals surface area contributed by atoms with Crippen LogP contribution >= 0.6 is 11.8 Å². The van der Waals surface area contributed by atoms with Gasteiger partial charge in [-0.05, 0) is 61.4 Å². The summed E-state index contributed by atoms with van der Waals surface area (Å²) in [5.74, 6) is 0.540. The van der Waals surface area contributed by atoms with E-state index in [9.17, 15) is 9.90 Å². The molecule has 0 saturated heterocycles. The van der Waals surface area contributed by atoms with Crippen LogP contribution in [0.3, 0.4) is 0 Å². The van der Waals surface area contributed by atoms with Crippen molar-refractivity contribution in [3.63, 3.8) is 0 Å². The number of amides is 1. The van der Waals surface area contributed by atoms with Crippen molar-refractivity contribution < 1.29 is 14.6 Å². The number of likely N-dealkylation sites (N-methyl/N-ethyl adjacent to an activating group) is 1. The van der Waals surface area contributed by atoms with E-state index in [0.717, 1.165) is 30.8 Å². The van der Waals surface area contributed by atoms with E-state index in [2.05, 4.69) is 29.2 Å². The van der Waals surface area contributed by atoms with Gasteiger partial charge >= 0.3 is 0 Å². The predicted octanol–water partition coefficient (Wildman–Crippen LogP) is 3.10. The lowest BCUT2D eigenvalue weighted by Crippen LogP contribution is -2.45. The predicted molar refractivity (Wildman–Crippen MR) is 122 cm³/mol. The molecule has 5 nitrogen and oxygen atoms in total. The minimum absolute atomic E-state index is 0.133. The first kappa shape index (κ1) is 22.7. The molecule has 2 atom stereocenters. The van der Waals surface area contributed by atoms with E-state index in [1.54, 1.807) is 30.6 Å². The second kappa shape index (κ2) is 10.8. The minimum Gasteiger partial charge on any atom is -0.481 e. The smallest absolute Gasteiger partial charge is 0.263 e. The molecule has 0 aromatic heterocycles.